The van der Waals surface area contributed by atoms with Crippen molar-refractivity contribution in [2.75, 3.05) is 43.9 Å². The molecule has 172 valence electrons. The van der Waals surface area contributed by atoms with Crippen LogP contribution in [0.4, 0.5) is 0 Å². The van der Waals surface area contributed by atoms with Crippen LogP contribution in [0.15, 0.2) is 0 Å². The van der Waals surface area contributed by atoms with Crippen LogP contribution in [0, 0.1) is 5.92 Å². The number of nitrogens with one attached hydrogen (secondary N) is 1. The van der Waals surface area contributed by atoms with E-state index in [1.165, 1.54) is 0 Å². The molecule has 5 N–H and O–H groups in total. The van der Waals surface area contributed by atoms with Crippen molar-refractivity contribution in [3.8, 4) is 0 Å². The lowest BCUT2D eigenvalue weighted by atomic mass is 9.98. The molecule has 0 fully saturated rings. The summed E-state index contributed by atoms with van der Waals surface area (Å²) in [5.74, 6) is 0.606. The predicted octanol–water partition coefficient (Wildman–Crippen LogP) is 1.50. The molecule has 7 nitrogen and oxygen atoms in total. The van der Waals surface area contributed by atoms with E-state index in [0.29, 0.717) is 31.2 Å². The minimum atomic E-state index is -0.757. The topological polar surface area (TPSA) is 111 Å². The standard InChI is InChI=1S/C20H42N4O3S2/c1-5-7-9-24(12-18(15(3)6-2)23-11-16(21)14-28)13-19(25)27-20(26)17(22)8-10-29-4/h15-18,23,28H,5-14,21-22H2,1-4H3/t15?,16-,17+,18?/m1/s1. The molecular formula is C20H42N4O3S2. The Hall–Kier alpha value is -0.320. The number of nitrogens with zero attached hydrogens (tertiary/aromatic N) is 1. The summed E-state index contributed by atoms with van der Waals surface area (Å²) in [5, 5.41) is 3.53. The molecule has 0 aliphatic heterocycles. The molecule has 4 atom stereocenters. The highest BCUT2D eigenvalue weighted by Crippen LogP contribution is 2.11. The van der Waals surface area contributed by atoms with Gasteiger partial charge in [-0.3, -0.25) is 9.69 Å². The van der Waals surface area contributed by atoms with Crippen molar-refractivity contribution in [1.82, 2.24) is 10.2 Å². The molecule has 0 aromatic carbocycles. The maximum absolute atomic E-state index is 12.3. The first-order valence-electron chi connectivity index (χ1n) is 10.6. The molecule has 0 bridgehead atoms. The van der Waals surface area contributed by atoms with Gasteiger partial charge in [0.1, 0.15) is 6.04 Å². The zero-order chi connectivity index (χ0) is 22.2. The third kappa shape index (κ3) is 13.6. The van der Waals surface area contributed by atoms with E-state index < -0.39 is 18.0 Å². The number of thioether (sulfide) groups is 1. The lowest BCUT2D eigenvalue weighted by Gasteiger charge is -2.31. The van der Waals surface area contributed by atoms with Crippen molar-refractivity contribution in [2.24, 2.45) is 17.4 Å². The third-order valence-electron chi connectivity index (χ3n) is 4.99. The summed E-state index contributed by atoms with van der Waals surface area (Å²) in [5.41, 5.74) is 11.8. The van der Waals surface area contributed by atoms with Gasteiger partial charge in [-0.15, -0.1) is 0 Å². The largest absolute Gasteiger partial charge is 0.391 e. The van der Waals surface area contributed by atoms with Gasteiger partial charge in [-0.25, -0.2) is 4.79 Å². The maximum atomic E-state index is 12.3. The molecule has 0 heterocycles. The molecule has 0 spiro atoms. The number of nitrogens with two attached hydrogens (primary N) is 2. The van der Waals surface area contributed by atoms with Gasteiger partial charge >= 0.3 is 11.9 Å². The number of rotatable bonds is 17. The average Bonchev–Trinajstić information content (AvgIpc) is 2.71. The lowest BCUT2D eigenvalue weighted by molar-refractivity contribution is -0.161. The highest BCUT2D eigenvalue weighted by molar-refractivity contribution is 7.98. The zero-order valence-corrected chi connectivity index (χ0v) is 20.3. The smallest absolute Gasteiger partial charge is 0.330 e. The number of esters is 2. The number of hydrogen-bond donors (Lipinski definition) is 4. The van der Waals surface area contributed by atoms with Crippen LogP contribution in [0.2, 0.25) is 0 Å². The summed E-state index contributed by atoms with van der Waals surface area (Å²) in [6, 6.07) is -0.581. The zero-order valence-electron chi connectivity index (χ0n) is 18.6. The first-order valence-corrected chi connectivity index (χ1v) is 12.6. The number of carbonyl (C=O) groups is 2. The molecule has 0 aromatic rings. The molecule has 0 radical (unpaired) electrons. The van der Waals surface area contributed by atoms with Crippen LogP contribution in [-0.4, -0.2) is 78.9 Å². The van der Waals surface area contributed by atoms with Crippen LogP contribution in [0.5, 0.6) is 0 Å². The second-order valence-electron chi connectivity index (χ2n) is 7.61. The average molecular weight is 451 g/mol. The molecular weight excluding hydrogens is 408 g/mol. The van der Waals surface area contributed by atoms with Crippen LogP contribution in [0.1, 0.15) is 46.5 Å². The molecule has 0 aliphatic rings. The highest BCUT2D eigenvalue weighted by atomic mass is 32.2. The SMILES string of the molecule is CCCCN(CC(=O)OC(=O)[C@@H](N)CCSC)CC(NC[C@@H](N)CS)C(C)CC. The second kappa shape index (κ2) is 17.4. The van der Waals surface area contributed by atoms with Crippen LogP contribution >= 0.6 is 24.4 Å². The van der Waals surface area contributed by atoms with Crippen molar-refractivity contribution in [2.45, 2.75) is 64.6 Å². The van der Waals surface area contributed by atoms with E-state index in [0.717, 1.165) is 31.6 Å². The summed E-state index contributed by atoms with van der Waals surface area (Å²) < 4.78 is 5.00. The van der Waals surface area contributed by atoms with Gasteiger partial charge in [0.15, 0.2) is 0 Å². The first kappa shape index (κ1) is 28.7. The normalized spacial score (nSPS) is 15.7. The fraction of sp³-hybridized carbons (Fsp3) is 0.900. The van der Waals surface area contributed by atoms with E-state index in [1.807, 2.05) is 6.26 Å². The van der Waals surface area contributed by atoms with E-state index in [9.17, 15) is 9.59 Å². The van der Waals surface area contributed by atoms with Crippen LogP contribution in [-0.2, 0) is 14.3 Å². The van der Waals surface area contributed by atoms with Gasteiger partial charge in [-0.05, 0) is 37.3 Å². The third-order valence-corrected chi connectivity index (χ3v) is 6.11. The van der Waals surface area contributed by atoms with Crippen LogP contribution in [0.25, 0.3) is 0 Å². The number of hydrogen-bond acceptors (Lipinski definition) is 9. The van der Waals surface area contributed by atoms with E-state index in [2.05, 4.69) is 43.6 Å². The Kier molecular flexibility index (Phi) is 17.2. The highest BCUT2D eigenvalue weighted by Gasteiger charge is 2.24. The fourth-order valence-electron chi connectivity index (χ4n) is 2.76. The van der Waals surface area contributed by atoms with Crippen molar-refractivity contribution < 1.29 is 14.3 Å². The van der Waals surface area contributed by atoms with Crippen molar-refractivity contribution in [1.29, 1.82) is 0 Å². The molecule has 9 heteroatoms. The minimum absolute atomic E-state index is 0.0145. The van der Waals surface area contributed by atoms with Gasteiger partial charge in [0.25, 0.3) is 0 Å². The van der Waals surface area contributed by atoms with Gasteiger partial charge in [0, 0.05) is 30.9 Å². The number of carbonyl (C=O) groups excluding carboxylic acids is 2. The Morgan fingerprint density at radius 3 is 2.52 bits per heavy atom. The maximum Gasteiger partial charge on any atom is 0.330 e. The summed E-state index contributed by atoms with van der Waals surface area (Å²) in [7, 11) is 0. The van der Waals surface area contributed by atoms with Gasteiger partial charge in [-0.1, -0.05) is 33.6 Å². The summed E-state index contributed by atoms with van der Waals surface area (Å²) >= 11 is 5.85. The summed E-state index contributed by atoms with van der Waals surface area (Å²) in [6.45, 7) is 8.66. The second-order valence-corrected chi connectivity index (χ2v) is 8.96. The van der Waals surface area contributed by atoms with Gasteiger partial charge in [0.2, 0.25) is 0 Å². The fourth-order valence-corrected chi connectivity index (χ4v) is 3.38. The van der Waals surface area contributed by atoms with Gasteiger partial charge in [0.05, 0.1) is 6.54 Å². The Labute approximate surface area is 186 Å². The Bertz CT molecular complexity index is 457. The van der Waals surface area contributed by atoms with Gasteiger partial charge < -0.3 is 21.5 Å². The van der Waals surface area contributed by atoms with Crippen LogP contribution < -0.4 is 16.8 Å². The van der Waals surface area contributed by atoms with Crippen molar-refractivity contribution in [3.05, 3.63) is 0 Å². The molecule has 0 rings (SSSR count). The Morgan fingerprint density at radius 2 is 1.97 bits per heavy atom. The summed E-state index contributed by atoms with van der Waals surface area (Å²) in [4.78, 5) is 26.4. The van der Waals surface area contributed by atoms with E-state index in [-0.39, 0.29) is 18.6 Å². The Balaban J connectivity index is 4.88. The molecule has 0 saturated heterocycles. The Morgan fingerprint density at radius 1 is 1.28 bits per heavy atom. The van der Waals surface area contributed by atoms with Crippen molar-refractivity contribution >= 4 is 36.3 Å². The lowest BCUT2D eigenvalue weighted by Crippen LogP contribution is -2.50. The van der Waals surface area contributed by atoms with Crippen molar-refractivity contribution in [3.63, 3.8) is 0 Å². The van der Waals surface area contributed by atoms with Crippen LogP contribution in [0.3, 0.4) is 0 Å². The molecule has 2 unspecified atom stereocenters. The van der Waals surface area contributed by atoms with E-state index in [1.54, 1.807) is 11.8 Å². The van der Waals surface area contributed by atoms with E-state index in [4.69, 9.17) is 16.2 Å². The number of unbranched alkanes of at least 4 members (excludes halogenated alkanes) is 1. The number of thiol groups is 1. The minimum Gasteiger partial charge on any atom is -0.391 e. The molecule has 0 aliphatic carbocycles. The molecule has 0 saturated carbocycles. The van der Waals surface area contributed by atoms with Gasteiger partial charge in [-0.2, -0.15) is 24.4 Å². The van der Waals surface area contributed by atoms with E-state index >= 15 is 0 Å². The molecule has 0 aromatic heterocycles. The quantitative estimate of drug-likeness (QED) is 0.150. The molecule has 0 amide bonds. The monoisotopic (exact) mass is 450 g/mol. The predicted molar refractivity (Wildman–Crippen MR) is 126 cm³/mol. The number of ether oxygens (including phenoxy) is 1. The first-order chi connectivity index (χ1) is 13.8. The summed E-state index contributed by atoms with van der Waals surface area (Å²) in [6.07, 6.45) is 5.45. The molecule has 29 heavy (non-hydrogen) atoms.